The number of fused-ring (bicyclic) bond motifs is 2. The van der Waals surface area contributed by atoms with Crippen LogP contribution in [0.2, 0.25) is 0 Å². The van der Waals surface area contributed by atoms with Crippen molar-refractivity contribution >= 4 is 15.7 Å². The highest BCUT2D eigenvalue weighted by Gasteiger charge is 2.40. The number of benzene rings is 1. The van der Waals surface area contributed by atoms with Crippen LogP contribution in [0.4, 0.5) is 5.69 Å². The first kappa shape index (κ1) is 15.4. The van der Waals surface area contributed by atoms with Gasteiger partial charge < -0.3 is 5.32 Å². The van der Waals surface area contributed by atoms with Crippen LogP contribution in [0.15, 0.2) is 29.2 Å². The first-order valence-electron chi connectivity index (χ1n) is 7.49. The second kappa shape index (κ2) is 5.94. The number of nitrogens with one attached hydrogen (secondary N) is 1. The minimum atomic E-state index is -3.62. The van der Waals surface area contributed by atoms with Crippen LogP contribution in [0, 0.1) is 10.1 Å². The van der Waals surface area contributed by atoms with Crippen LogP contribution >= 0.6 is 0 Å². The molecule has 0 saturated carbocycles. The summed E-state index contributed by atoms with van der Waals surface area (Å²) in [5, 5.41) is 14.0. The fourth-order valence-corrected chi connectivity index (χ4v) is 5.30. The number of rotatable bonds is 3. The lowest BCUT2D eigenvalue weighted by Crippen LogP contribution is -2.50. The Kier molecular flexibility index (Phi) is 4.16. The van der Waals surface area contributed by atoms with Gasteiger partial charge in [-0.1, -0.05) is 6.42 Å². The quantitative estimate of drug-likeness (QED) is 0.671. The average Bonchev–Trinajstić information content (AvgIpc) is 2.63. The molecular formula is C14H19N3O4S. The number of sulfonamides is 1. The van der Waals surface area contributed by atoms with Crippen LogP contribution < -0.4 is 5.32 Å². The lowest BCUT2D eigenvalue weighted by atomic mass is 9.98. The monoisotopic (exact) mass is 325 g/mol. The van der Waals surface area contributed by atoms with Crippen LogP contribution in [0.1, 0.15) is 25.7 Å². The van der Waals surface area contributed by atoms with Crippen molar-refractivity contribution in [3.63, 3.8) is 0 Å². The van der Waals surface area contributed by atoms with Crippen molar-refractivity contribution in [3.05, 3.63) is 34.4 Å². The van der Waals surface area contributed by atoms with E-state index in [9.17, 15) is 18.5 Å². The summed E-state index contributed by atoms with van der Waals surface area (Å²) in [4.78, 5) is 10.3. The predicted octanol–water partition coefficient (Wildman–Crippen LogP) is 1.50. The van der Waals surface area contributed by atoms with E-state index in [1.807, 2.05) is 0 Å². The molecule has 2 saturated heterocycles. The normalized spacial score (nSPS) is 26.4. The molecule has 22 heavy (non-hydrogen) atoms. The Hall–Kier alpha value is -1.51. The molecule has 7 nitrogen and oxygen atoms in total. The summed E-state index contributed by atoms with van der Waals surface area (Å²) in [5.41, 5.74) is -0.100. The zero-order chi connectivity index (χ0) is 15.7. The Bertz CT molecular complexity index is 645. The summed E-state index contributed by atoms with van der Waals surface area (Å²) in [7, 11) is -3.62. The molecule has 1 N–H and O–H groups in total. The molecule has 0 radical (unpaired) electrons. The van der Waals surface area contributed by atoms with Crippen molar-refractivity contribution in [3.8, 4) is 0 Å². The molecule has 2 unspecified atom stereocenters. The van der Waals surface area contributed by atoms with E-state index in [1.54, 1.807) is 4.31 Å². The van der Waals surface area contributed by atoms with Gasteiger partial charge in [-0.2, -0.15) is 4.31 Å². The Balaban J connectivity index is 1.95. The van der Waals surface area contributed by atoms with Gasteiger partial charge in [0.25, 0.3) is 5.69 Å². The van der Waals surface area contributed by atoms with Gasteiger partial charge in [-0.15, -0.1) is 0 Å². The zero-order valence-corrected chi connectivity index (χ0v) is 13.0. The van der Waals surface area contributed by atoms with Crippen LogP contribution in [0.5, 0.6) is 0 Å². The lowest BCUT2D eigenvalue weighted by Gasteiger charge is -2.39. The molecule has 2 fully saturated rings. The highest BCUT2D eigenvalue weighted by atomic mass is 32.2. The highest BCUT2D eigenvalue weighted by molar-refractivity contribution is 7.89. The third-order valence-electron chi connectivity index (χ3n) is 4.45. The average molecular weight is 325 g/mol. The van der Waals surface area contributed by atoms with Gasteiger partial charge in [-0.25, -0.2) is 8.42 Å². The van der Waals surface area contributed by atoms with E-state index < -0.39 is 14.9 Å². The van der Waals surface area contributed by atoms with E-state index >= 15 is 0 Å². The molecule has 0 aliphatic carbocycles. The SMILES string of the molecule is O=[N+]([O-])c1ccc(S(=O)(=O)N2C3CCCC2CNCC3)cc1. The molecular weight excluding hydrogens is 306 g/mol. The smallest absolute Gasteiger partial charge is 0.269 e. The predicted molar refractivity (Wildman–Crippen MR) is 81.0 cm³/mol. The molecule has 1 aromatic rings. The molecule has 2 aliphatic heterocycles. The standard InChI is InChI=1S/C14H19N3O4S/c18-17(19)12-4-6-14(7-5-12)22(20,21)16-11-2-1-3-13(16)10-15-9-8-11/h4-7,11,13,15H,1-3,8-10H2. The summed E-state index contributed by atoms with van der Waals surface area (Å²) >= 11 is 0. The molecule has 0 amide bonds. The number of piperidine rings is 1. The maximum absolute atomic E-state index is 13.0. The third-order valence-corrected chi connectivity index (χ3v) is 6.47. The van der Waals surface area contributed by atoms with Gasteiger partial charge in [0.1, 0.15) is 0 Å². The van der Waals surface area contributed by atoms with Crippen LogP contribution in [-0.2, 0) is 10.0 Å². The molecule has 2 bridgehead atoms. The number of nitro benzene ring substituents is 1. The van der Waals surface area contributed by atoms with Crippen molar-refractivity contribution < 1.29 is 13.3 Å². The van der Waals surface area contributed by atoms with Crippen molar-refractivity contribution in [2.24, 2.45) is 0 Å². The molecule has 120 valence electrons. The Morgan fingerprint density at radius 3 is 2.50 bits per heavy atom. The van der Waals surface area contributed by atoms with Gasteiger partial charge in [0.2, 0.25) is 10.0 Å². The maximum atomic E-state index is 13.0. The topological polar surface area (TPSA) is 92.5 Å². The minimum Gasteiger partial charge on any atom is -0.315 e. The van der Waals surface area contributed by atoms with E-state index in [-0.39, 0.29) is 22.7 Å². The lowest BCUT2D eigenvalue weighted by molar-refractivity contribution is -0.384. The number of non-ortho nitro benzene ring substituents is 1. The van der Waals surface area contributed by atoms with Gasteiger partial charge >= 0.3 is 0 Å². The number of nitro groups is 1. The van der Waals surface area contributed by atoms with E-state index in [2.05, 4.69) is 5.32 Å². The second-order valence-electron chi connectivity index (χ2n) is 5.82. The first-order chi connectivity index (χ1) is 10.5. The number of hydrogen-bond donors (Lipinski definition) is 1. The molecule has 0 aromatic heterocycles. The van der Waals surface area contributed by atoms with E-state index in [0.717, 1.165) is 32.2 Å². The number of hydrogen-bond acceptors (Lipinski definition) is 5. The Morgan fingerprint density at radius 1 is 1.14 bits per heavy atom. The highest BCUT2D eigenvalue weighted by Crippen LogP contribution is 2.32. The Labute approximate surface area is 129 Å². The summed E-state index contributed by atoms with van der Waals surface area (Å²) in [5.74, 6) is 0. The third kappa shape index (κ3) is 2.73. The Morgan fingerprint density at radius 2 is 1.82 bits per heavy atom. The van der Waals surface area contributed by atoms with Gasteiger partial charge in [-0.3, -0.25) is 10.1 Å². The fraction of sp³-hybridized carbons (Fsp3) is 0.571. The molecule has 8 heteroatoms. The van der Waals surface area contributed by atoms with Crippen LogP contribution in [0.25, 0.3) is 0 Å². The second-order valence-corrected chi connectivity index (χ2v) is 7.66. The van der Waals surface area contributed by atoms with Gasteiger partial charge in [0, 0.05) is 30.8 Å². The minimum absolute atomic E-state index is 0.0222. The largest absolute Gasteiger partial charge is 0.315 e. The summed E-state index contributed by atoms with van der Waals surface area (Å²) in [6.45, 7) is 1.50. The molecule has 1 aromatic carbocycles. The van der Waals surface area contributed by atoms with E-state index in [0.29, 0.717) is 6.54 Å². The summed E-state index contributed by atoms with van der Waals surface area (Å²) in [6, 6.07) is 5.16. The van der Waals surface area contributed by atoms with Gasteiger partial charge in [0.05, 0.1) is 9.82 Å². The maximum Gasteiger partial charge on any atom is 0.269 e. The van der Waals surface area contributed by atoms with E-state index in [1.165, 1.54) is 24.3 Å². The van der Waals surface area contributed by atoms with Crippen molar-refractivity contribution in [2.75, 3.05) is 13.1 Å². The summed E-state index contributed by atoms with van der Waals surface area (Å²) < 4.78 is 27.6. The van der Waals surface area contributed by atoms with E-state index in [4.69, 9.17) is 0 Å². The zero-order valence-electron chi connectivity index (χ0n) is 12.1. The molecule has 2 atom stereocenters. The van der Waals surface area contributed by atoms with Crippen molar-refractivity contribution in [1.29, 1.82) is 0 Å². The first-order valence-corrected chi connectivity index (χ1v) is 8.93. The summed E-state index contributed by atoms with van der Waals surface area (Å²) in [6.07, 6.45) is 3.59. The van der Waals surface area contributed by atoms with Crippen LogP contribution in [0.3, 0.4) is 0 Å². The molecule has 3 rings (SSSR count). The van der Waals surface area contributed by atoms with Crippen molar-refractivity contribution in [2.45, 2.75) is 42.7 Å². The molecule has 2 heterocycles. The molecule has 2 aliphatic rings. The fourth-order valence-electron chi connectivity index (χ4n) is 3.40. The van der Waals surface area contributed by atoms with Gasteiger partial charge in [0.15, 0.2) is 0 Å². The van der Waals surface area contributed by atoms with Crippen molar-refractivity contribution in [1.82, 2.24) is 9.62 Å². The molecule has 0 spiro atoms. The van der Waals surface area contributed by atoms with Crippen LogP contribution in [-0.4, -0.2) is 42.8 Å². The van der Waals surface area contributed by atoms with Gasteiger partial charge in [-0.05, 0) is 37.9 Å². The number of nitrogens with zero attached hydrogens (tertiary/aromatic N) is 2.